The molecule has 0 spiro atoms. The van der Waals surface area contributed by atoms with Gasteiger partial charge in [-0.1, -0.05) is 6.08 Å². The van der Waals surface area contributed by atoms with Crippen molar-refractivity contribution < 1.29 is 8.94 Å². The highest BCUT2D eigenvalue weighted by molar-refractivity contribution is 9.10. The second-order valence-corrected chi connectivity index (χ2v) is 8.02. The van der Waals surface area contributed by atoms with Gasteiger partial charge >= 0.3 is 0 Å². The van der Waals surface area contributed by atoms with Gasteiger partial charge in [0.2, 0.25) is 5.95 Å². The van der Waals surface area contributed by atoms with Gasteiger partial charge < -0.3 is 4.55 Å². The van der Waals surface area contributed by atoms with E-state index in [1.807, 2.05) is 20.8 Å². The van der Waals surface area contributed by atoms with Crippen LogP contribution in [0, 0.1) is 5.95 Å². The van der Waals surface area contributed by atoms with E-state index in [-0.39, 0.29) is 0 Å². The fourth-order valence-corrected chi connectivity index (χ4v) is 2.58. The average molecular weight is 349 g/mol. The van der Waals surface area contributed by atoms with Crippen LogP contribution >= 0.6 is 15.9 Å². The van der Waals surface area contributed by atoms with Gasteiger partial charge in [-0.25, -0.2) is 4.98 Å². The monoisotopic (exact) mass is 348 g/mol. The molecule has 0 amide bonds. The third-order valence-corrected chi connectivity index (χ3v) is 4.46. The second-order valence-electron chi connectivity index (χ2n) is 5.11. The Bertz CT molecular complexity index is 451. The molecule has 0 aliphatic carbocycles. The van der Waals surface area contributed by atoms with Crippen molar-refractivity contribution in [1.82, 2.24) is 9.71 Å². The summed E-state index contributed by atoms with van der Waals surface area (Å²) in [5, 5.41) is 0. The molecule has 1 aromatic heterocycles. The van der Waals surface area contributed by atoms with Gasteiger partial charge in [0, 0.05) is 27.6 Å². The van der Waals surface area contributed by atoms with Crippen molar-refractivity contribution in [1.29, 1.82) is 0 Å². The molecule has 0 saturated carbocycles. The lowest BCUT2D eigenvalue weighted by Gasteiger charge is -2.27. The molecule has 6 heteroatoms. The van der Waals surface area contributed by atoms with Crippen molar-refractivity contribution in [3.05, 3.63) is 40.9 Å². The number of rotatable bonds is 5. The zero-order chi connectivity index (χ0) is 14.6. The number of nitrogens with zero attached hydrogens (tertiary/aromatic N) is 1. The van der Waals surface area contributed by atoms with Crippen LogP contribution in [-0.4, -0.2) is 14.3 Å². The van der Waals surface area contributed by atoms with E-state index in [2.05, 4.69) is 32.2 Å². The van der Waals surface area contributed by atoms with Gasteiger partial charge in [0.1, 0.15) is 4.75 Å². The van der Waals surface area contributed by atoms with Crippen LogP contribution in [0.4, 0.5) is 4.39 Å². The number of hydrogen-bond donors (Lipinski definition) is 1. The molecule has 1 rings (SSSR count). The van der Waals surface area contributed by atoms with Crippen LogP contribution in [0.15, 0.2) is 29.4 Å². The highest BCUT2D eigenvalue weighted by Gasteiger charge is 2.30. The van der Waals surface area contributed by atoms with E-state index in [1.54, 1.807) is 12.1 Å². The van der Waals surface area contributed by atoms with Crippen LogP contribution in [0.2, 0.25) is 0 Å². The fraction of sp³-hybridized carbons (Fsp3) is 0.462. The van der Waals surface area contributed by atoms with Gasteiger partial charge in [0.25, 0.3) is 0 Å². The minimum Gasteiger partial charge on any atom is -0.598 e. The number of halogens is 2. The lowest BCUT2D eigenvalue weighted by molar-refractivity contribution is 0.502. The first-order chi connectivity index (χ1) is 8.75. The first kappa shape index (κ1) is 16.6. The maximum Gasteiger partial charge on any atom is 0.217 e. The van der Waals surface area contributed by atoms with Gasteiger partial charge in [-0.05, 0) is 49.2 Å². The zero-order valence-electron chi connectivity index (χ0n) is 11.2. The Morgan fingerprint density at radius 1 is 1.63 bits per heavy atom. The summed E-state index contributed by atoms with van der Waals surface area (Å²) in [6.45, 7) is 9.23. The van der Waals surface area contributed by atoms with Crippen LogP contribution in [0.3, 0.4) is 0 Å². The quantitative estimate of drug-likeness (QED) is 0.501. The molecule has 19 heavy (non-hydrogen) atoms. The molecule has 0 aromatic carbocycles. The highest BCUT2D eigenvalue weighted by atomic mass is 79.9. The molecule has 0 bridgehead atoms. The predicted molar refractivity (Wildman–Crippen MR) is 80.5 cm³/mol. The minimum absolute atomic E-state index is 0.381. The van der Waals surface area contributed by atoms with Crippen LogP contribution in [0.5, 0.6) is 0 Å². The second kappa shape index (κ2) is 6.83. The van der Waals surface area contributed by atoms with Crippen molar-refractivity contribution in [2.45, 2.75) is 38.0 Å². The number of pyridine rings is 1. The summed E-state index contributed by atoms with van der Waals surface area (Å²) >= 11 is 1.97. The SMILES string of the molecule is C=CC[C@H](N[S@+]([O-])C(C)(C)C)c1cc(Br)cnc1F. The summed E-state index contributed by atoms with van der Waals surface area (Å²) in [7, 11) is 0. The number of hydrogen-bond acceptors (Lipinski definition) is 3. The highest BCUT2D eigenvalue weighted by Crippen LogP contribution is 2.26. The topological polar surface area (TPSA) is 48.0 Å². The Kier molecular flexibility index (Phi) is 5.98. The summed E-state index contributed by atoms with van der Waals surface area (Å²) in [6, 6.07) is 1.23. The van der Waals surface area contributed by atoms with Crippen molar-refractivity contribution in [2.24, 2.45) is 0 Å². The maximum absolute atomic E-state index is 13.8. The molecule has 0 radical (unpaired) electrons. The summed E-state index contributed by atoms with van der Waals surface area (Å²) < 4.78 is 29.1. The Morgan fingerprint density at radius 2 is 2.26 bits per heavy atom. The summed E-state index contributed by atoms with van der Waals surface area (Å²) in [4.78, 5) is 3.66. The van der Waals surface area contributed by atoms with E-state index in [4.69, 9.17) is 0 Å². The molecular formula is C13H18BrFN2OS. The first-order valence-corrected chi connectivity index (χ1v) is 7.80. The van der Waals surface area contributed by atoms with E-state index in [9.17, 15) is 8.94 Å². The van der Waals surface area contributed by atoms with E-state index in [0.29, 0.717) is 16.5 Å². The van der Waals surface area contributed by atoms with Crippen molar-refractivity contribution in [3.63, 3.8) is 0 Å². The van der Waals surface area contributed by atoms with Crippen molar-refractivity contribution in [3.8, 4) is 0 Å². The molecule has 1 aromatic rings. The number of aromatic nitrogens is 1. The van der Waals surface area contributed by atoms with Crippen LogP contribution in [0.25, 0.3) is 0 Å². The average Bonchev–Trinajstić information content (AvgIpc) is 2.30. The zero-order valence-corrected chi connectivity index (χ0v) is 13.6. The van der Waals surface area contributed by atoms with Gasteiger partial charge in [0.15, 0.2) is 0 Å². The van der Waals surface area contributed by atoms with Gasteiger partial charge in [-0.15, -0.1) is 11.3 Å². The predicted octanol–water partition coefficient (Wildman–Crippen LogP) is 3.65. The maximum atomic E-state index is 13.8. The summed E-state index contributed by atoms with van der Waals surface area (Å²) in [5.41, 5.74) is 0.381. The molecule has 0 aliphatic rings. The van der Waals surface area contributed by atoms with Gasteiger partial charge in [0.05, 0.1) is 6.04 Å². The molecule has 2 atom stereocenters. The van der Waals surface area contributed by atoms with Crippen molar-refractivity contribution >= 4 is 27.3 Å². The summed E-state index contributed by atoms with van der Waals surface area (Å²) in [6.07, 6.45) is 3.53. The lowest BCUT2D eigenvalue weighted by Crippen LogP contribution is -2.41. The molecule has 0 aliphatic heterocycles. The Balaban J connectivity index is 3.00. The van der Waals surface area contributed by atoms with Crippen molar-refractivity contribution in [2.75, 3.05) is 0 Å². The van der Waals surface area contributed by atoms with Crippen LogP contribution in [0.1, 0.15) is 38.8 Å². The summed E-state index contributed by atoms with van der Waals surface area (Å²) in [5.74, 6) is -0.562. The molecule has 0 fully saturated rings. The van der Waals surface area contributed by atoms with Gasteiger partial charge in [-0.3, -0.25) is 0 Å². The molecule has 1 N–H and O–H groups in total. The third-order valence-electron chi connectivity index (χ3n) is 2.42. The number of nitrogens with one attached hydrogen (secondary N) is 1. The largest absolute Gasteiger partial charge is 0.598 e. The molecule has 3 nitrogen and oxygen atoms in total. The molecular weight excluding hydrogens is 331 g/mol. The minimum atomic E-state index is -1.29. The lowest BCUT2D eigenvalue weighted by atomic mass is 10.1. The Morgan fingerprint density at radius 3 is 2.79 bits per heavy atom. The smallest absolute Gasteiger partial charge is 0.217 e. The fourth-order valence-electron chi connectivity index (χ4n) is 1.39. The third kappa shape index (κ3) is 4.87. The first-order valence-electron chi connectivity index (χ1n) is 5.85. The van der Waals surface area contributed by atoms with Crippen LogP contribution < -0.4 is 4.72 Å². The van der Waals surface area contributed by atoms with E-state index < -0.39 is 28.1 Å². The standard InChI is InChI=1S/C13H18BrFN2OS/c1-5-6-11(17-19(18)13(2,3)4)10-7-9(14)8-16-12(10)15/h5,7-8,11,17H,1,6H2,2-4H3/t11-,19+/m0/s1. The molecule has 0 saturated heterocycles. The van der Waals surface area contributed by atoms with E-state index in [0.717, 1.165) is 0 Å². The normalized spacial score (nSPS) is 15.1. The van der Waals surface area contributed by atoms with E-state index >= 15 is 0 Å². The van der Waals surface area contributed by atoms with Gasteiger partial charge in [-0.2, -0.15) is 4.39 Å². The molecule has 1 heterocycles. The molecule has 0 unspecified atom stereocenters. The van der Waals surface area contributed by atoms with Crippen LogP contribution in [-0.2, 0) is 11.4 Å². The Labute approximate surface area is 125 Å². The Hall–Kier alpha value is -0.430. The van der Waals surface area contributed by atoms with E-state index in [1.165, 1.54) is 6.20 Å². The molecule has 106 valence electrons.